The van der Waals surface area contributed by atoms with Gasteiger partial charge in [0, 0.05) is 25.6 Å². The lowest BCUT2D eigenvalue weighted by Gasteiger charge is -2.31. The molecule has 1 heterocycles. The summed E-state index contributed by atoms with van der Waals surface area (Å²) in [4.78, 5) is 26.3. The van der Waals surface area contributed by atoms with Crippen molar-refractivity contribution in [2.45, 2.75) is 32.6 Å². The number of amides is 2. The van der Waals surface area contributed by atoms with E-state index >= 15 is 0 Å². The molecule has 22 heavy (non-hydrogen) atoms. The zero-order valence-corrected chi connectivity index (χ0v) is 13.7. The first-order valence-electron chi connectivity index (χ1n) is 7.95. The van der Waals surface area contributed by atoms with Crippen LogP contribution in [0.4, 0.5) is 0 Å². The van der Waals surface area contributed by atoms with Gasteiger partial charge in [0.2, 0.25) is 5.91 Å². The molecule has 0 atom stereocenters. The van der Waals surface area contributed by atoms with Crippen molar-refractivity contribution in [3.05, 3.63) is 34.9 Å². The van der Waals surface area contributed by atoms with E-state index in [9.17, 15) is 9.59 Å². The van der Waals surface area contributed by atoms with Crippen LogP contribution in [0.3, 0.4) is 0 Å². The van der Waals surface area contributed by atoms with Crippen molar-refractivity contribution in [1.82, 2.24) is 10.2 Å². The van der Waals surface area contributed by atoms with E-state index in [1.54, 1.807) is 17.0 Å². The summed E-state index contributed by atoms with van der Waals surface area (Å²) in [5.74, 6) is 0.0980. The molecule has 0 bridgehead atoms. The predicted octanol–water partition coefficient (Wildman–Crippen LogP) is 3.11. The fraction of sp³-hybridized carbons (Fsp3) is 0.529. The van der Waals surface area contributed by atoms with Gasteiger partial charge in [0.25, 0.3) is 5.91 Å². The number of unbranched alkanes of at least 4 members (excludes halogenated alkanes) is 1. The van der Waals surface area contributed by atoms with Crippen molar-refractivity contribution in [2.24, 2.45) is 5.92 Å². The minimum Gasteiger partial charge on any atom is -0.356 e. The first kappa shape index (κ1) is 16.8. The summed E-state index contributed by atoms with van der Waals surface area (Å²) in [6, 6.07) is 7.09. The Bertz CT molecular complexity index is 525. The van der Waals surface area contributed by atoms with Gasteiger partial charge >= 0.3 is 0 Å². The molecule has 1 aromatic rings. The van der Waals surface area contributed by atoms with Crippen LogP contribution < -0.4 is 5.32 Å². The van der Waals surface area contributed by atoms with Crippen molar-refractivity contribution in [3.63, 3.8) is 0 Å². The third kappa shape index (κ3) is 4.23. The van der Waals surface area contributed by atoms with Gasteiger partial charge in [0.15, 0.2) is 0 Å². The second kappa shape index (κ2) is 8.18. The number of nitrogens with zero attached hydrogens (tertiary/aromatic N) is 1. The fourth-order valence-electron chi connectivity index (χ4n) is 2.68. The third-order valence-electron chi connectivity index (χ3n) is 4.09. The fourth-order valence-corrected chi connectivity index (χ4v) is 2.90. The Balaban J connectivity index is 1.85. The molecule has 1 aliphatic rings. The van der Waals surface area contributed by atoms with Crippen LogP contribution in [0.2, 0.25) is 5.02 Å². The zero-order valence-electron chi connectivity index (χ0n) is 13.0. The maximum atomic E-state index is 12.4. The molecule has 0 unspecified atom stereocenters. The number of hydrogen-bond acceptors (Lipinski definition) is 2. The van der Waals surface area contributed by atoms with Crippen LogP contribution in [0, 0.1) is 5.92 Å². The maximum Gasteiger partial charge on any atom is 0.255 e. The van der Waals surface area contributed by atoms with Crippen molar-refractivity contribution in [1.29, 1.82) is 0 Å². The second-order valence-corrected chi connectivity index (χ2v) is 6.10. The Labute approximate surface area is 136 Å². The number of benzene rings is 1. The monoisotopic (exact) mass is 322 g/mol. The van der Waals surface area contributed by atoms with Crippen molar-refractivity contribution in [2.75, 3.05) is 19.6 Å². The molecule has 1 N–H and O–H groups in total. The Morgan fingerprint density at radius 1 is 1.27 bits per heavy atom. The smallest absolute Gasteiger partial charge is 0.255 e. The van der Waals surface area contributed by atoms with Crippen LogP contribution in [-0.4, -0.2) is 36.3 Å². The number of nitrogens with one attached hydrogen (secondary N) is 1. The van der Waals surface area contributed by atoms with E-state index in [1.807, 2.05) is 12.1 Å². The first-order valence-corrected chi connectivity index (χ1v) is 8.32. The Hall–Kier alpha value is -1.55. The number of carbonyl (C=O) groups is 2. The van der Waals surface area contributed by atoms with E-state index in [0.717, 1.165) is 19.4 Å². The van der Waals surface area contributed by atoms with Crippen LogP contribution in [-0.2, 0) is 4.79 Å². The molecule has 0 saturated carbocycles. The van der Waals surface area contributed by atoms with E-state index in [-0.39, 0.29) is 17.7 Å². The molecule has 120 valence electrons. The molecular weight excluding hydrogens is 300 g/mol. The lowest BCUT2D eigenvalue weighted by molar-refractivity contribution is -0.126. The van der Waals surface area contributed by atoms with Gasteiger partial charge < -0.3 is 10.2 Å². The van der Waals surface area contributed by atoms with E-state index in [1.165, 1.54) is 0 Å². The highest BCUT2D eigenvalue weighted by atomic mass is 35.5. The molecule has 2 amide bonds. The van der Waals surface area contributed by atoms with Gasteiger partial charge in [-0.05, 0) is 31.4 Å². The molecule has 1 aromatic carbocycles. The van der Waals surface area contributed by atoms with E-state index in [2.05, 4.69) is 12.2 Å². The highest BCUT2D eigenvalue weighted by Gasteiger charge is 2.28. The average Bonchev–Trinajstić information content (AvgIpc) is 2.55. The molecule has 0 aliphatic carbocycles. The summed E-state index contributed by atoms with van der Waals surface area (Å²) in [6.07, 6.45) is 3.52. The third-order valence-corrected chi connectivity index (χ3v) is 4.42. The summed E-state index contributed by atoms with van der Waals surface area (Å²) in [7, 11) is 0. The van der Waals surface area contributed by atoms with Gasteiger partial charge in [-0.15, -0.1) is 0 Å². The van der Waals surface area contributed by atoms with Crippen LogP contribution in [0.15, 0.2) is 24.3 Å². The van der Waals surface area contributed by atoms with Crippen LogP contribution in [0.5, 0.6) is 0 Å². The maximum absolute atomic E-state index is 12.4. The standard InChI is InChI=1S/C17H23ClN2O2/c1-2-3-10-19-16(21)13-8-11-20(12-9-13)17(22)14-6-4-5-7-15(14)18/h4-7,13H,2-3,8-12H2,1H3,(H,19,21). The van der Waals surface area contributed by atoms with Crippen LogP contribution in [0.1, 0.15) is 43.0 Å². The molecule has 4 nitrogen and oxygen atoms in total. The quantitative estimate of drug-likeness (QED) is 0.847. The lowest BCUT2D eigenvalue weighted by Crippen LogP contribution is -2.43. The number of carbonyl (C=O) groups excluding carboxylic acids is 2. The van der Waals surface area contributed by atoms with Crippen molar-refractivity contribution in [3.8, 4) is 0 Å². The van der Waals surface area contributed by atoms with E-state index in [0.29, 0.717) is 36.5 Å². The Kier molecular flexibility index (Phi) is 6.25. The molecule has 0 spiro atoms. The number of rotatable bonds is 5. The summed E-state index contributed by atoms with van der Waals surface area (Å²) in [5, 5.41) is 3.45. The summed E-state index contributed by atoms with van der Waals surface area (Å²) >= 11 is 6.08. The van der Waals surface area contributed by atoms with E-state index in [4.69, 9.17) is 11.6 Å². The Morgan fingerprint density at radius 3 is 2.59 bits per heavy atom. The van der Waals surface area contributed by atoms with Gasteiger partial charge in [-0.3, -0.25) is 9.59 Å². The predicted molar refractivity (Wildman–Crippen MR) is 88.0 cm³/mol. The normalized spacial score (nSPS) is 15.6. The number of piperidine rings is 1. The molecule has 2 rings (SSSR count). The number of likely N-dealkylation sites (tertiary alicyclic amines) is 1. The summed E-state index contributed by atoms with van der Waals surface area (Å²) in [6.45, 7) is 4.06. The number of hydrogen-bond donors (Lipinski definition) is 1. The molecular formula is C17H23ClN2O2. The van der Waals surface area contributed by atoms with E-state index < -0.39 is 0 Å². The highest BCUT2D eigenvalue weighted by Crippen LogP contribution is 2.22. The second-order valence-electron chi connectivity index (χ2n) is 5.69. The topological polar surface area (TPSA) is 49.4 Å². The molecule has 1 aliphatic heterocycles. The van der Waals surface area contributed by atoms with Gasteiger partial charge in [-0.1, -0.05) is 37.1 Å². The molecule has 0 aromatic heterocycles. The SMILES string of the molecule is CCCCNC(=O)C1CCN(C(=O)c2ccccc2Cl)CC1. The highest BCUT2D eigenvalue weighted by molar-refractivity contribution is 6.33. The molecule has 1 saturated heterocycles. The van der Waals surface area contributed by atoms with Gasteiger partial charge in [-0.25, -0.2) is 0 Å². The van der Waals surface area contributed by atoms with Gasteiger partial charge in [-0.2, -0.15) is 0 Å². The summed E-state index contributed by atoms with van der Waals surface area (Å²) in [5.41, 5.74) is 0.537. The van der Waals surface area contributed by atoms with Crippen molar-refractivity contribution >= 4 is 23.4 Å². The van der Waals surface area contributed by atoms with Crippen molar-refractivity contribution < 1.29 is 9.59 Å². The minimum atomic E-state index is -0.0459. The van der Waals surface area contributed by atoms with Gasteiger partial charge in [0.05, 0.1) is 10.6 Å². The largest absolute Gasteiger partial charge is 0.356 e. The molecule has 1 fully saturated rings. The zero-order chi connectivity index (χ0) is 15.9. The average molecular weight is 323 g/mol. The van der Waals surface area contributed by atoms with Crippen LogP contribution >= 0.6 is 11.6 Å². The Morgan fingerprint density at radius 2 is 1.95 bits per heavy atom. The van der Waals surface area contributed by atoms with Crippen LogP contribution in [0.25, 0.3) is 0 Å². The summed E-state index contributed by atoms with van der Waals surface area (Å²) < 4.78 is 0. The number of halogens is 1. The first-order chi connectivity index (χ1) is 10.6. The lowest BCUT2D eigenvalue weighted by atomic mass is 9.95. The molecule has 5 heteroatoms. The minimum absolute atomic E-state index is 0.0205. The molecule has 0 radical (unpaired) electrons. The van der Waals surface area contributed by atoms with Gasteiger partial charge in [0.1, 0.15) is 0 Å².